The zero-order valence-corrected chi connectivity index (χ0v) is 12.5. The smallest absolute Gasteiger partial charge is 0.232 e. The lowest BCUT2D eigenvalue weighted by molar-refractivity contribution is -0.127. The number of carbonyl (C=O) groups excluding carboxylic acids is 1. The molecule has 21 heavy (non-hydrogen) atoms. The molecule has 1 unspecified atom stereocenters. The van der Waals surface area contributed by atoms with Crippen LogP contribution in [0.2, 0.25) is 5.02 Å². The molecule has 0 saturated carbocycles. The Labute approximate surface area is 127 Å². The summed E-state index contributed by atoms with van der Waals surface area (Å²) in [4.78, 5) is 18.1. The van der Waals surface area contributed by atoms with E-state index >= 15 is 0 Å². The van der Waals surface area contributed by atoms with Gasteiger partial charge in [-0.3, -0.25) is 4.79 Å². The van der Waals surface area contributed by atoms with Crippen LogP contribution in [0.4, 0.5) is 0 Å². The third-order valence-corrected chi connectivity index (χ3v) is 3.94. The van der Waals surface area contributed by atoms with Crippen molar-refractivity contribution >= 4 is 17.5 Å². The molecule has 0 aliphatic carbocycles. The molecule has 5 nitrogen and oxygen atoms in total. The molecule has 1 aromatic heterocycles. The van der Waals surface area contributed by atoms with Gasteiger partial charge in [-0.25, -0.2) is 0 Å². The Morgan fingerprint density at radius 1 is 1.38 bits per heavy atom. The molecule has 0 bridgehead atoms. The molecule has 0 spiro atoms. The van der Waals surface area contributed by atoms with E-state index in [9.17, 15) is 4.79 Å². The Morgan fingerprint density at radius 2 is 2.14 bits per heavy atom. The maximum atomic E-state index is 12.1. The highest BCUT2D eigenvalue weighted by molar-refractivity contribution is 6.30. The number of rotatable bonds is 4. The van der Waals surface area contributed by atoms with Gasteiger partial charge < -0.3 is 9.42 Å². The predicted molar refractivity (Wildman–Crippen MR) is 78.1 cm³/mol. The van der Waals surface area contributed by atoms with E-state index in [0.29, 0.717) is 31.2 Å². The van der Waals surface area contributed by atoms with Crippen LogP contribution in [-0.4, -0.2) is 34.0 Å². The van der Waals surface area contributed by atoms with Crippen molar-refractivity contribution in [3.8, 4) is 0 Å². The number of aryl methyl sites for hydroxylation is 1. The first kappa shape index (κ1) is 14.1. The number of hydrogen-bond donors (Lipinski definition) is 0. The van der Waals surface area contributed by atoms with Gasteiger partial charge >= 0.3 is 0 Å². The highest BCUT2D eigenvalue weighted by Crippen LogP contribution is 2.27. The normalized spacial score (nSPS) is 18.5. The highest BCUT2D eigenvalue weighted by atomic mass is 35.5. The van der Waals surface area contributed by atoms with E-state index < -0.39 is 0 Å². The molecular weight excluding hydrogens is 290 g/mol. The zero-order chi connectivity index (χ0) is 14.8. The fourth-order valence-electron chi connectivity index (χ4n) is 2.55. The molecule has 1 amide bonds. The highest BCUT2D eigenvalue weighted by Gasteiger charge is 2.33. The van der Waals surface area contributed by atoms with Crippen LogP contribution < -0.4 is 0 Å². The summed E-state index contributed by atoms with van der Waals surface area (Å²) in [6, 6.07) is 7.71. The summed E-state index contributed by atoms with van der Waals surface area (Å²) >= 11 is 5.86. The maximum Gasteiger partial charge on any atom is 0.232 e. The van der Waals surface area contributed by atoms with E-state index in [0.717, 1.165) is 11.4 Å². The van der Waals surface area contributed by atoms with Gasteiger partial charge in [-0.2, -0.15) is 4.98 Å². The average molecular weight is 306 g/mol. The van der Waals surface area contributed by atoms with Crippen LogP contribution in [0.5, 0.6) is 0 Å². The van der Waals surface area contributed by atoms with E-state index in [1.54, 1.807) is 6.92 Å². The van der Waals surface area contributed by atoms with E-state index in [2.05, 4.69) is 10.1 Å². The largest absolute Gasteiger partial charge is 0.342 e. The minimum Gasteiger partial charge on any atom is -0.342 e. The van der Waals surface area contributed by atoms with Crippen molar-refractivity contribution in [1.82, 2.24) is 15.0 Å². The number of aromatic nitrogens is 2. The molecule has 3 rings (SSSR count). The number of benzene rings is 1. The third kappa shape index (κ3) is 3.24. The van der Waals surface area contributed by atoms with E-state index in [1.807, 2.05) is 29.2 Å². The predicted octanol–water partition coefficient (Wildman–Crippen LogP) is 2.59. The molecule has 110 valence electrons. The molecule has 2 aromatic rings. The number of hydrogen-bond acceptors (Lipinski definition) is 4. The topological polar surface area (TPSA) is 59.2 Å². The van der Waals surface area contributed by atoms with Crippen molar-refractivity contribution in [3.05, 3.63) is 46.6 Å². The summed E-state index contributed by atoms with van der Waals surface area (Å²) in [5.41, 5.74) is 1.17. The zero-order valence-electron chi connectivity index (χ0n) is 11.8. The van der Waals surface area contributed by atoms with Crippen molar-refractivity contribution in [3.63, 3.8) is 0 Å². The summed E-state index contributed by atoms with van der Waals surface area (Å²) in [6.07, 6.45) is 1.26. The number of likely N-dealkylation sites (tertiary alicyclic amines) is 1. The molecule has 1 atom stereocenters. The third-order valence-electron chi connectivity index (χ3n) is 3.69. The van der Waals surface area contributed by atoms with Gasteiger partial charge in [-0.15, -0.1) is 0 Å². The number of carbonyl (C=O) groups is 1. The second kappa shape index (κ2) is 5.85. The van der Waals surface area contributed by atoms with E-state index in [1.165, 1.54) is 5.56 Å². The van der Waals surface area contributed by atoms with Gasteiger partial charge in [0.1, 0.15) is 0 Å². The van der Waals surface area contributed by atoms with Gasteiger partial charge in [0.05, 0.1) is 5.92 Å². The van der Waals surface area contributed by atoms with Crippen LogP contribution in [0.25, 0.3) is 0 Å². The molecule has 1 aromatic carbocycles. The van der Waals surface area contributed by atoms with Crippen LogP contribution in [0.3, 0.4) is 0 Å². The average Bonchev–Trinajstić information content (AvgIpc) is 3.05. The van der Waals surface area contributed by atoms with Crippen molar-refractivity contribution < 1.29 is 9.32 Å². The number of halogens is 1. The molecule has 1 fully saturated rings. The van der Waals surface area contributed by atoms with Crippen LogP contribution >= 0.6 is 11.6 Å². The fraction of sp³-hybridized carbons (Fsp3) is 0.400. The Bertz CT molecular complexity index is 639. The minimum atomic E-state index is 0.0175. The molecule has 1 saturated heterocycles. The lowest BCUT2D eigenvalue weighted by Crippen LogP contribution is -2.27. The quantitative estimate of drug-likeness (QED) is 0.871. The Kier molecular flexibility index (Phi) is 3.92. The van der Waals surface area contributed by atoms with Gasteiger partial charge in [-0.05, 0) is 31.0 Å². The van der Waals surface area contributed by atoms with E-state index in [4.69, 9.17) is 16.1 Å². The summed E-state index contributed by atoms with van der Waals surface area (Å²) < 4.78 is 5.17. The lowest BCUT2D eigenvalue weighted by atomic mass is 10.1. The van der Waals surface area contributed by atoms with Gasteiger partial charge in [0.15, 0.2) is 5.82 Å². The van der Waals surface area contributed by atoms with Gasteiger partial charge in [0.2, 0.25) is 11.8 Å². The molecule has 6 heteroatoms. The summed E-state index contributed by atoms with van der Waals surface area (Å²) in [7, 11) is 0. The number of amides is 1. The second-order valence-corrected chi connectivity index (χ2v) is 5.73. The Hall–Kier alpha value is -1.88. The first-order chi connectivity index (χ1) is 10.1. The summed E-state index contributed by atoms with van der Waals surface area (Å²) in [5.74, 6) is 1.33. The molecule has 2 heterocycles. The molecule has 1 aliphatic heterocycles. The van der Waals surface area contributed by atoms with E-state index in [-0.39, 0.29) is 11.8 Å². The lowest BCUT2D eigenvalue weighted by Gasteiger charge is -2.15. The van der Waals surface area contributed by atoms with Gasteiger partial charge in [-0.1, -0.05) is 28.9 Å². The summed E-state index contributed by atoms with van der Waals surface area (Å²) in [5, 5.41) is 4.51. The molecular formula is C15H16ClN3O2. The van der Waals surface area contributed by atoms with Gasteiger partial charge in [0, 0.05) is 24.5 Å². The monoisotopic (exact) mass is 305 g/mol. The maximum absolute atomic E-state index is 12.1. The second-order valence-electron chi connectivity index (χ2n) is 5.30. The summed E-state index contributed by atoms with van der Waals surface area (Å²) in [6.45, 7) is 3.13. The molecule has 0 N–H and O–H groups in total. The van der Waals surface area contributed by atoms with Crippen molar-refractivity contribution in [2.45, 2.75) is 25.7 Å². The standard InChI is InChI=1S/C15H16ClN3O2/c1-10-17-15(21-18-10)12-8-14(20)19(9-12)7-6-11-2-4-13(16)5-3-11/h2-5,12H,6-9H2,1H3. The Morgan fingerprint density at radius 3 is 2.81 bits per heavy atom. The van der Waals surface area contributed by atoms with Crippen LogP contribution in [0.1, 0.15) is 29.6 Å². The first-order valence-corrected chi connectivity index (χ1v) is 7.32. The van der Waals surface area contributed by atoms with Gasteiger partial charge in [0.25, 0.3) is 0 Å². The van der Waals surface area contributed by atoms with Crippen molar-refractivity contribution in [1.29, 1.82) is 0 Å². The first-order valence-electron chi connectivity index (χ1n) is 6.94. The van der Waals surface area contributed by atoms with Crippen LogP contribution in [0, 0.1) is 6.92 Å². The minimum absolute atomic E-state index is 0.0175. The van der Waals surface area contributed by atoms with Crippen molar-refractivity contribution in [2.75, 3.05) is 13.1 Å². The molecule has 0 radical (unpaired) electrons. The number of nitrogens with zero attached hydrogens (tertiary/aromatic N) is 3. The van der Waals surface area contributed by atoms with Crippen LogP contribution in [0.15, 0.2) is 28.8 Å². The van der Waals surface area contributed by atoms with Crippen LogP contribution in [-0.2, 0) is 11.2 Å². The Balaban J connectivity index is 1.59. The van der Waals surface area contributed by atoms with Crippen molar-refractivity contribution in [2.24, 2.45) is 0 Å². The molecule has 1 aliphatic rings. The SMILES string of the molecule is Cc1noc(C2CC(=O)N(CCc3ccc(Cl)cc3)C2)n1. The fourth-order valence-corrected chi connectivity index (χ4v) is 2.67.